The maximum atomic E-state index is 12.0. The second-order valence-corrected chi connectivity index (χ2v) is 5.30. The molecule has 1 rings (SSSR count). The summed E-state index contributed by atoms with van der Waals surface area (Å²) in [5.74, 6) is -1.97. The molecule has 1 aromatic carbocycles. The highest BCUT2D eigenvalue weighted by Crippen LogP contribution is 2.10. The summed E-state index contributed by atoms with van der Waals surface area (Å²) in [4.78, 5) is 34.9. The van der Waals surface area contributed by atoms with Gasteiger partial charge in [-0.05, 0) is 19.4 Å². The van der Waals surface area contributed by atoms with Crippen LogP contribution in [0, 0.1) is 0 Å². The van der Waals surface area contributed by atoms with Crippen molar-refractivity contribution in [3.8, 4) is 0 Å². The average molecular weight is 348 g/mol. The molecule has 4 N–H and O–H groups in total. The van der Waals surface area contributed by atoms with Gasteiger partial charge in [0.2, 0.25) is 5.91 Å². The first-order valence-electron chi connectivity index (χ1n) is 7.81. The third kappa shape index (κ3) is 7.98. The molecule has 0 radical (unpaired) electrons. The zero-order valence-electron chi connectivity index (χ0n) is 14.6. The maximum Gasteiger partial charge on any atom is 0.327 e. The SMILES string of the molecule is COCCNC(=O)C(=O)NNC(C)=CC(=O)NC(C)c1ccccc1. The molecule has 0 spiro atoms. The standard InChI is InChI=1S/C17H24N4O4/c1-12(20-21-17(24)16(23)18-9-10-25-3)11-15(22)19-13(2)14-7-5-4-6-8-14/h4-8,11,13,20H,9-10H2,1-3H3,(H,18,23)(H,19,22)(H,21,24). The van der Waals surface area contributed by atoms with E-state index in [1.54, 1.807) is 6.92 Å². The lowest BCUT2D eigenvalue weighted by Crippen LogP contribution is -2.46. The molecule has 1 aromatic rings. The number of rotatable bonds is 8. The van der Waals surface area contributed by atoms with E-state index in [-0.39, 0.29) is 18.5 Å². The Labute approximate surface area is 147 Å². The lowest BCUT2D eigenvalue weighted by atomic mass is 10.1. The molecule has 136 valence electrons. The highest BCUT2D eigenvalue weighted by Gasteiger charge is 2.12. The number of allylic oxidation sites excluding steroid dienone is 1. The van der Waals surface area contributed by atoms with Crippen molar-refractivity contribution in [2.45, 2.75) is 19.9 Å². The maximum absolute atomic E-state index is 12.0. The van der Waals surface area contributed by atoms with Crippen LogP contribution in [0.2, 0.25) is 0 Å². The molecule has 0 saturated carbocycles. The number of hydrogen-bond acceptors (Lipinski definition) is 5. The number of carbonyl (C=O) groups excluding carboxylic acids is 3. The minimum atomic E-state index is -0.859. The monoisotopic (exact) mass is 348 g/mol. The second-order valence-electron chi connectivity index (χ2n) is 5.30. The molecule has 3 amide bonds. The quantitative estimate of drug-likeness (QED) is 0.231. The Morgan fingerprint density at radius 3 is 2.44 bits per heavy atom. The predicted molar refractivity (Wildman–Crippen MR) is 92.9 cm³/mol. The molecule has 8 heteroatoms. The van der Waals surface area contributed by atoms with Gasteiger partial charge in [-0.3, -0.25) is 19.8 Å². The van der Waals surface area contributed by atoms with E-state index in [9.17, 15) is 14.4 Å². The van der Waals surface area contributed by atoms with Crippen molar-refractivity contribution in [3.05, 3.63) is 47.7 Å². The van der Waals surface area contributed by atoms with Crippen molar-refractivity contribution in [3.63, 3.8) is 0 Å². The molecule has 0 aliphatic carbocycles. The predicted octanol–water partition coefficient (Wildman–Crippen LogP) is 0.151. The van der Waals surface area contributed by atoms with Crippen LogP contribution in [-0.4, -0.2) is 38.0 Å². The van der Waals surface area contributed by atoms with E-state index in [0.717, 1.165) is 5.56 Å². The average Bonchev–Trinajstić information content (AvgIpc) is 2.60. The summed E-state index contributed by atoms with van der Waals surface area (Å²) in [5, 5.41) is 5.19. The molecule has 1 atom stereocenters. The van der Waals surface area contributed by atoms with Gasteiger partial charge in [-0.15, -0.1) is 0 Å². The molecule has 0 fully saturated rings. The molecule has 1 unspecified atom stereocenters. The van der Waals surface area contributed by atoms with E-state index in [0.29, 0.717) is 12.3 Å². The van der Waals surface area contributed by atoms with Crippen LogP contribution < -0.4 is 21.5 Å². The lowest BCUT2D eigenvalue weighted by Gasteiger charge is -2.13. The summed E-state index contributed by atoms with van der Waals surface area (Å²) in [6.45, 7) is 4.01. The van der Waals surface area contributed by atoms with E-state index < -0.39 is 11.8 Å². The lowest BCUT2D eigenvalue weighted by molar-refractivity contribution is -0.139. The van der Waals surface area contributed by atoms with Crippen LogP contribution in [0.25, 0.3) is 0 Å². The smallest absolute Gasteiger partial charge is 0.327 e. The number of hydrazine groups is 1. The summed E-state index contributed by atoms with van der Waals surface area (Å²) in [6, 6.07) is 9.38. The van der Waals surface area contributed by atoms with Gasteiger partial charge < -0.3 is 20.8 Å². The highest BCUT2D eigenvalue weighted by molar-refractivity contribution is 6.34. The second kappa shape index (κ2) is 10.8. The van der Waals surface area contributed by atoms with Gasteiger partial charge in [-0.1, -0.05) is 30.3 Å². The molecule has 0 bridgehead atoms. The van der Waals surface area contributed by atoms with Gasteiger partial charge in [0.25, 0.3) is 0 Å². The van der Waals surface area contributed by atoms with E-state index in [1.165, 1.54) is 13.2 Å². The Morgan fingerprint density at radius 1 is 1.12 bits per heavy atom. The van der Waals surface area contributed by atoms with E-state index in [2.05, 4.69) is 21.5 Å². The summed E-state index contributed by atoms with van der Waals surface area (Å²) >= 11 is 0. The van der Waals surface area contributed by atoms with E-state index in [1.807, 2.05) is 37.3 Å². The fourth-order valence-electron chi connectivity index (χ4n) is 1.87. The minimum absolute atomic E-state index is 0.154. The summed E-state index contributed by atoms with van der Waals surface area (Å²) in [5.41, 5.74) is 6.08. The van der Waals surface area contributed by atoms with Gasteiger partial charge >= 0.3 is 11.8 Å². The topological polar surface area (TPSA) is 109 Å². The van der Waals surface area contributed by atoms with Crippen molar-refractivity contribution in [1.82, 2.24) is 21.5 Å². The zero-order chi connectivity index (χ0) is 18.7. The van der Waals surface area contributed by atoms with Gasteiger partial charge in [-0.2, -0.15) is 0 Å². The molecule has 25 heavy (non-hydrogen) atoms. The molecule has 0 aromatic heterocycles. The van der Waals surface area contributed by atoms with Gasteiger partial charge in [0.05, 0.1) is 12.6 Å². The highest BCUT2D eigenvalue weighted by atomic mass is 16.5. The Hall–Kier alpha value is -2.87. The first-order valence-corrected chi connectivity index (χ1v) is 7.81. The van der Waals surface area contributed by atoms with Crippen molar-refractivity contribution in [1.29, 1.82) is 0 Å². The number of nitrogens with one attached hydrogen (secondary N) is 4. The Kier molecular flexibility index (Phi) is 8.73. The summed E-state index contributed by atoms with van der Waals surface area (Å²) < 4.78 is 4.76. The van der Waals surface area contributed by atoms with E-state index >= 15 is 0 Å². The van der Waals surface area contributed by atoms with Crippen LogP contribution in [0.3, 0.4) is 0 Å². The normalized spacial score (nSPS) is 12.0. The van der Waals surface area contributed by atoms with Crippen LogP contribution in [0.5, 0.6) is 0 Å². The molecule has 0 saturated heterocycles. The van der Waals surface area contributed by atoms with Crippen LogP contribution in [0.1, 0.15) is 25.5 Å². The van der Waals surface area contributed by atoms with Crippen molar-refractivity contribution >= 4 is 17.7 Å². The molecule has 0 aliphatic heterocycles. The number of ether oxygens (including phenoxy) is 1. The van der Waals surface area contributed by atoms with Gasteiger partial charge in [0.1, 0.15) is 0 Å². The van der Waals surface area contributed by atoms with Crippen LogP contribution in [0.4, 0.5) is 0 Å². The van der Waals surface area contributed by atoms with Gasteiger partial charge in [0.15, 0.2) is 0 Å². The summed E-state index contributed by atoms with van der Waals surface area (Å²) in [7, 11) is 1.49. The third-order valence-corrected chi connectivity index (χ3v) is 3.18. The number of amides is 3. The third-order valence-electron chi connectivity index (χ3n) is 3.18. The molecular formula is C17H24N4O4. The largest absolute Gasteiger partial charge is 0.383 e. The van der Waals surface area contributed by atoms with Crippen LogP contribution >= 0.6 is 0 Å². The number of benzene rings is 1. The fourth-order valence-corrected chi connectivity index (χ4v) is 1.87. The van der Waals surface area contributed by atoms with E-state index in [4.69, 9.17) is 4.74 Å². The van der Waals surface area contributed by atoms with Crippen molar-refractivity contribution in [2.75, 3.05) is 20.3 Å². The first kappa shape index (κ1) is 20.2. The zero-order valence-corrected chi connectivity index (χ0v) is 14.6. The Bertz CT molecular complexity index is 616. The Morgan fingerprint density at radius 2 is 1.80 bits per heavy atom. The fraction of sp³-hybridized carbons (Fsp3) is 0.353. The molecular weight excluding hydrogens is 324 g/mol. The number of methoxy groups -OCH3 is 1. The van der Waals surface area contributed by atoms with Gasteiger partial charge in [0, 0.05) is 25.4 Å². The van der Waals surface area contributed by atoms with Gasteiger partial charge in [-0.25, -0.2) is 0 Å². The molecule has 0 aliphatic rings. The Balaban J connectivity index is 2.40. The molecule has 0 heterocycles. The van der Waals surface area contributed by atoms with Crippen molar-refractivity contribution in [2.24, 2.45) is 0 Å². The minimum Gasteiger partial charge on any atom is -0.383 e. The number of hydrogen-bond donors (Lipinski definition) is 4. The van der Waals surface area contributed by atoms with Crippen molar-refractivity contribution < 1.29 is 19.1 Å². The van der Waals surface area contributed by atoms with Crippen LogP contribution in [0.15, 0.2) is 42.1 Å². The first-order chi connectivity index (χ1) is 11.9. The number of carbonyl (C=O) groups is 3. The molecule has 8 nitrogen and oxygen atoms in total. The van der Waals surface area contributed by atoms with Crippen LogP contribution in [-0.2, 0) is 19.1 Å². The summed E-state index contributed by atoms with van der Waals surface area (Å²) in [6.07, 6.45) is 1.29.